The number of fused-ring (bicyclic) bond motifs is 1. The van der Waals surface area contributed by atoms with Gasteiger partial charge in [-0.3, -0.25) is 0 Å². The van der Waals surface area contributed by atoms with Crippen molar-refractivity contribution < 1.29 is 0 Å². The molecule has 1 aromatic heterocycles. The first-order valence-corrected chi connectivity index (χ1v) is 7.28. The molecule has 3 nitrogen and oxygen atoms in total. The summed E-state index contributed by atoms with van der Waals surface area (Å²) in [6, 6.07) is 6.57. The predicted molar refractivity (Wildman–Crippen MR) is 81.7 cm³/mol. The molecular weight excluding hydrogens is 258 g/mol. The minimum Gasteiger partial charge on any atom is -0.328 e. The molecule has 1 atom stereocenters. The maximum atomic E-state index is 6.04. The van der Waals surface area contributed by atoms with Gasteiger partial charge in [0.25, 0.3) is 0 Å². The fourth-order valence-electron chi connectivity index (χ4n) is 2.46. The van der Waals surface area contributed by atoms with Crippen LogP contribution in [0.2, 0.25) is 5.02 Å². The van der Waals surface area contributed by atoms with Gasteiger partial charge in [0.15, 0.2) is 0 Å². The van der Waals surface area contributed by atoms with E-state index in [1.54, 1.807) is 0 Å². The van der Waals surface area contributed by atoms with E-state index in [1.165, 1.54) is 0 Å². The van der Waals surface area contributed by atoms with Crippen molar-refractivity contribution in [3.63, 3.8) is 0 Å². The zero-order valence-electron chi connectivity index (χ0n) is 11.9. The highest BCUT2D eigenvalue weighted by molar-refractivity contribution is 6.31. The summed E-state index contributed by atoms with van der Waals surface area (Å²) in [5, 5.41) is 0.739. The molecule has 0 spiro atoms. The lowest BCUT2D eigenvalue weighted by atomic mass is 10.1. The van der Waals surface area contributed by atoms with Crippen LogP contribution in [0.5, 0.6) is 0 Å². The van der Waals surface area contributed by atoms with Gasteiger partial charge in [-0.05, 0) is 51.8 Å². The van der Waals surface area contributed by atoms with E-state index in [0.29, 0.717) is 6.04 Å². The summed E-state index contributed by atoms with van der Waals surface area (Å²) in [5.74, 6) is 1.13. The van der Waals surface area contributed by atoms with Crippen LogP contribution in [0.15, 0.2) is 18.2 Å². The number of nitrogens with zero attached hydrogens (tertiary/aromatic N) is 2. The van der Waals surface area contributed by atoms with Crippen LogP contribution in [0, 0.1) is 0 Å². The van der Waals surface area contributed by atoms with Crippen LogP contribution in [0.1, 0.15) is 45.5 Å². The zero-order valence-corrected chi connectivity index (χ0v) is 12.6. The highest BCUT2D eigenvalue weighted by atomic mass is 35.5. The average Bonchev–Trinajstić information content (AvgIpc) is 2.65. The first kappa shape index (κ1) is 14.4. The first-order valence-electron chi connectivity index (χ1n) is 6.91. The van der Waals surface area contributed by atoms with E-state index in [-0.39, 0.29) is 6.04 Å². The predicted octanol–water partition coefficient (Wildman–Crippen LogP) is 3.94. The molecule has 104 valence electrons. The van der Waals surface area contributed by atoms with Gasteiger partial charge in [-0.1, -0.05) is 11.6 Å². The van der Waals surface area contributed by atoms with Crippen molar-refractivity contribution in [1.82, 2.24) is 9.55 Å². The lowest BCUT2D eigenvalue weighted by molar-refractivity contribution is 0.555. The number of nitrogens with two attached hydrogens (primary N) is 1. The molecule has 0 aliphatic rings. The fraction of sp³-hybridized carbons (Fsp3) is 0.533. The van der Waals surface area contributed by atoms with Crippen molar-refractivity contribution in [3.05, 3.63) is 29.0 Å². The number of hydrogen-bond donors (Lipinski definition) is 1. The number of aromatic nitrogens is 2. The smallest absolute Gasteiger partial charge is 0.110 e. The maximum Gasteiger partial charge on any atom is 0.110 e. The second-order valence-electron chi connectivity index (χ2n) is 5.49. The van der Waals surface area contributed by atoms with Crippen LogP contribution in [0.3, 0.4) is 0 Å². The van der Waals surface area contributed by atoms with Crippen LogP contribution in [-0.4, -0.2) is 15.6 Å². The first-order chi connectivity index (χ1) is 8.99. The highest BCUT2D eigenvalue weighted by Crippen LogP contribution is 2.24. The lowest BCUT2D eigenvalue weighted by Gasteiger charge is -2.13. The lowest BCUT2D eigenvalue weighted by Crippen LogP contribution is -2.15. The summed E-state index contributed by atoms with van der Waals surface area (Å²) in [4.78, 5) is 4.73. The molecule has 0 radical (unpaired) electrons. The largest absolute Gasteiger partial charge is 0.328 e. The second-order valence-corrected chi connectivity index (χ2v) is 5.93. The van der Waals surface area contributed by atoms with Crippen LogP contribution >= 0.6 is 11.6 Å². The SMILES string of the molecule is CC(N)CCCc1nc2cc(Cl)ccc2n1C(C)C. The summed E-state index contributed by atoms with van der Waals surface area (Å²) in [6.07, 6.45) is 3.06. The van der Waals surface area contributed by atoms with Crippen LogP contribution in [0.4, 0.5) is 0 Å². The molecule has 1 unspecified atom stereocenters. The van der Waals surface area contributed by atoms with Crippen molar-refractivity contribution in [1.29, 1.82) is 0 Å². The third-order valence-corrected chi connectivity index (χ3v) is 3.54. The highest BCUT2D eigenvalue weighted by Gasteiger charge is 2.13. The van der Waals surface area contributed by atoms with E-state index in [9.17, 15) is 0 Å². The van der Waals surface area contributed by atoms with Gasteiger partial charge in [-0.15, -0.1) is 0 Å². The number of aryl methyl sites for hydroxylation is 1. The van der Waals surface area contributed by atoms with Gasteiger partial charge < -0.3 is 10.3 Å². The minimum atomic E-state index is 0.256. The van der Waals surface area contributed by atoms with Gasteiger partial charge >= 0.3 is 0 Å². The van der Waals surface area contributed by atoms with Crippen molar-refractivity contribution >= 4 is 22.6 Å². The van der Waals surface area contributed by atoms with E-state index in [2.05, 4.69) is 24.5 Å². The minimum absolute atomic E-state index is 0.256. The molecule has 0 amide bonds. The molecular formula is C15H22ClN3. The van der Waals surface area contributed by atoms with Crippen LogP contribution < -0.4 is 5.73 Å². The van der Waals surface area contributed by atoms with Gasteiger partial charge in [-0.2, -0.15) is 0 Å². The van der Waals surface area contributed by atoms with E-state index in [4.69, 9.17) is 22.3 Å². The van der Waals surface area contributed by atoms with Crippen molar-refractivity contribution in [2.24, 2.45) is 5.73 Å². The topological polar surface area (TPSA) is 43.8 Å². The summed E-state index contributed by atoms with van der Waals surface area (Å²) in [7, 11) is 0. The Morgan fingerprint density at radius 3 is 2.68 bits per heavy atom. The van der Waals surface area contributed by atoms with Crippen LogP contribution in [0.25, 0.3) is 11.0 Å². The zero-order chi connectivity index (χ0) is 14.0. The van der Waals surface area contributed by atoms with Crippen molar-refractivity contribution in [2.75, 3.05) is 0 Å². The Bertz CT molecular complexity index is 558. The molecule has 1 aromatic carbocycles. The molecule has 0 aliphatic carbocycles. The van der Waals surface area contributed by atoms with Crippen molar-refractivity contribution in [2.45, 2.75) is 52.1 Å². The molecule has 2 rings (SSSR count). The van der Waals surface area contributed by atoms with Gasteiger partial charge in [0.2, 0.25) is 0 Å². The second kappa shape index (κ2) is 5.93. The third kappa shape index (κ3) is 3.28. The summed E-state index contributed by atoms with van der Waals surface area (Å²) in [6.45, 7) is 6.42. The standard InChI is InChI=1S/C15H22ClN3/c1-10(2)19-14-8-7-12(16)9-13(14)18-15(19)6-4-5-11(3)17/h7-11H,4-6,17H2,1-3H3. The van der Waals surface area contributed by atoms with E-state index in [1.807, 2.05) is 19.1 Å². The van der Waals surface area contributed by atoms with Gasteiger partial charge in [-0.25, -0.2) is 4.98 Å². The van der Waals surface area contributed by atoms with Gasteiger partial charge in [0.05, 0.1) is 11.0 Å². The Balaban J connectivity index is 2.33. The number of halogens is 1. The normalized spacial score (nSPS) is 13.4. The number of rotatable bonds is 5. The fourth-order valence-corrected chi connectivity index (χ4v) is 2.62. The van der Waals surface area contributed by atoms with E-state index >= 15 is 0 Å². The molecule has 0 saturated carbocycles. The Morgan fingerprint density at radius 1 is 1.32 bits per heavy atom. The number of hydrogen-bond acceptors (Lipinski definition) is 2. The Morgan fingerprint density at radius 2 is 2.05 bits per heavy atom. The van der Waals surface area contributed by atoms with Gasteiger partial charge in [0.1, 0.15) is 5.82 Å². The van der Waals surface area contributed by atoms with Crippen molar-refractivity contribution in [3.8, 4) is 0 Å². The maximum absolute atomic E-state index is 6.04. The number of benzene rings is 1. The van der Waals surface area contributed by atoms with E-state index < -0.39 is 0 Å². The van der Waals surface area contributed by atoms with Crippen LogP contribution in [-0.2, 0) is 6.42 Å². The monoisotopic (exact) mass is 279 g/mol. The van der Waals surface area contributed by atoms with E-state index in [0.717, 1.165) is 41.1 Å². The average molecular weight is 280 g/mol. The molecule has 0 fully saturated rings. The molecule has 1 heterocycles. The molecule has 0 bridgehead atoms. The third-order valence-electron chi connectivity index (χ3n) is 3.30. The summed E-state index contributed by atoms with van der Waals surface area (Å²) < 4.78 is 2.30. The van der Waals surface area contributed by atoms with Gasteiger partial charge in [0, 0.05) is 23.5 Å². The molecule has 2 aromatic rings. The Labute approximate surface area is 119 Å². The molecule has 4 heteroatoms. The Hall–Kier alpha value is -1.06. The number of imidazole rings is 1. The molecule has 2 N–H and O–H groups in total. The molecule has 19 heavy (non-hydrogen) atoms. The quantitative estimate of drug-likeness (QED) is 0.901. The molecule has 0 aliphatic heterocycles. The Kier molecular flexibility index (Phi) is 4.48. The molecule has 0 saturated heterocycles. The summed E-state index contributed by atoms with van der Waals surface area (Å²) in [5.41, 5.74) is 7.95. The summed E-state index contributed by atoms with van der Waals surface area (Å²) >= 11 is 6.04.